The molecule has 17 heavy (non-hydrogen) atoms. The quantitative estimate of drug-likeness (QED) is 0.660. The average molecular weight is 232 g/mol. The van der Waals surface area contributed by atoms with E-state index in [9.17, 15) is 4.79 Å². The normalized spacial score (nSPS) is 9.59. The van der Waals surface area contributed by atoms with Crippen LogP contribution in [0.2, 0.25) is 0 Å². The maximum atomic E-state index is 11.2. The standard InChI is InChI=1S/C12H16N4O/c13-6-3-8-16-12(17)10-14-9-5-11-4-1-2-7-15-11/h1-2,4,7,14H,3,5,8-10H2,(H,16,17). The summed E-state index contributed by atoms with van der Waals surface area (Å²) in [6.07, 6.45) is 2.90. The topological polar surface area (TPSA) is 77.8 Å². The Hall–Kier alpha value is -1.93. The highest BCUT2D eigenvalue weighted by Crippen LogP contribution is 1.92. The second kappa shape index (κ2) is 8.25. The van der Waals surface area contributed by atoms with Crippen molar-refractivity contribution in [3.63, 3.8) is 0 Å². The number of hydrogen-bond acceptors (Lipinski definition) is 4. The van der Waals surface area contributed by atoms with Crippen molar-refractivity contribution in [2.24, 2.45) is 0 Å². The first-order chi connectivity index (χ1) is 8.33. The Balaban J connectivity index is 2.04. The van der Waals surface area contributed by atoms with Gasteiger partial charge in [0, 0.05) is 31.4 Å². The number of carbonyl (C=O) groups excluding carboxylic acids is 1. The van der Waals surface area contributed by atoms with Crippen LogP contribution in [0.5, 0.6) is 0 Å². The Kier molecular flexibility index (Phi) is 6.37. The lowest BCUT2D eigenvalue weighted by Crippen LogP contribution is -2.35. The summed E-state index contributed by atoms with van der Waals surface area (Å²) < 4.78 is 0. The monoisotopic (exact) mass is 232 g/mol. The molecule has 0 aromatic carbocycles. The van der Waals surface area contributed by atoms with Gasteiger partial charge in [0.25, 0.3) is 0 Å². The van der Waals surface area contributed by atoms with Crippen molar-refractivity contribution in [3.8, 4) is 6.07 Å². The maximum absolute atomic E-state index is 11.2. The maximum Gasteiger partial charge on any atom is 0.233 e. The van der Waals surface area contributed by atoms with E-state index >= 15 is 0 Å². The van der Waals surface area contributed by atoms with Crippen LogP contribution in [0, 0.1) is 11.3 Å². The van der Waals surface area contributed by atoms with Crippen LogP contribution >= 0.6 is 0 Å². The number of hydrogen-bond donors (Lipinski definition) is 2. The molecule has 0 bridgehead atoms. The molecule has 0 spiro atoms. The molecule has 0 saturated heterocycles. The van der Waals surface area contributed by atoms with Gasteiger partial charge in [0.1, 0.15) is 0 Å². The summed E-state index contributed by atoms with van der Waals surface area (Å²) in [6, 6.07) is 7.74. The van der Waals surface area contributed by atoms with Gasteiger partial charge in [-0.25, -0.2) is 0 Å². The third kappa shape index (κ3) is 6.28. The van der Waals surface area contributed by atoms with Gasteiger partial charge in [0.15, 0.2) is 0 Å². The van der Waals surface area contributed by atoms with Gasteiger partial charge >= 0.3 is 0 Å². The van der Waals surface area contributed by atoms with Gasteiger partial charge in [-0.3, -0.25) is 9.78 Å². The number of aromatic nitrogens is 1. The highest BCUT2D eigenvalue weighted by molar-refractivity contribution is 5.77. The fourth-order valence-electron chi connectivity index (χ4n) is 1.28. The predicted molar refractivity (Wildman–Crippen MR) is 64.1 cm³/mol. The highest BCUT2D eigenvalue weighted by Gasteiger charge is 1.99. The van der Waals surface area contributed by atoms with Crippen LogP contribution in [-0.4, -0.2) is 30.5 Å². The Morgan fingerprint density at radius 1 is 1.41 bits per heavy atom. The lowest BCUT2D eigenvalue weighted by molar-refractivity contribution is -0.120. The molecule has 0 unspecified atom stereocenters. The number of nitrogens with one attached hydrogen (secondary N) is 2. The highest BCUT2D eigenvalue weighted by atomic mass is 16.1. The van der Waals surface area contributed by atoms with Gasteiger partial charge < -0.3 is 10.6 Å². The van der Waals surface area contributed by atoms with E-state index in [0.717, 1.165) is 12.1 Å². The fraction of sp³-hybridized carbons (Fsp3) is 0.417. The molecular formula is C12H16N4O. The van der Waals surface area contributed by atoms with Crippen LogP contribution in [0.4, 0.5) is 0 Å². The summed E-state index contributed by atoms with van der Waals surface area (Å²) in [6.45, 7) is 1.40. The molecule has 0 aliphatic carbocycles. The van der Waals surface area contributed by atoms with E-state index in [-0.39, 0.29) is 12.5 Å². The van der Waals surface area contributed by atoms with Gasteiger partial charge in [-0.05, 0) is 12.1 Å². The van der Waals surface area contributed by atoms with E-state index in [4.69, 9.17) is 5.26 Å². The summed E-state index contributed by atoms with van der Waals surface area (Å²) >= 11 is 0. The Bertz CT molecular complexity index is 372. The van der Waals surface area contributed by atoms with Crippen molar-refractivity contribution in [1.82, 2.24) is 15.6 Å². The van der Waals surface area contributed by atoms with E-state index in [1.807, 2.05) is 24.3 Å². The van der Waals surface area contributed by atoms with Crippen molar-refractivity contribution in [2.45, 2.75) is 12.8 Å². The third-order valence-corrected chi connectivity index (χ3v) is 2.13. The molecule has 5 nitrogen and oxygen atoms in total. The molecule has 90 valence electrons. The Morgan fingerprint density at radius 2 is 2.29 bits per heavy atom. The van der Waals surface area contributed by atoms with E-state index in [2.05, 4.69) is 15.6 Å². The number of nitrogens with zero attached hydrogens (tertiary/aromatic N) is 2. The predicted octanol–water partition coefficient (Wildman–Crippen LogP) is 0.244. The molecule has 1 aromatic heterocycles. The van der Waals surface area contributed by atoms with E-state index in [1.54, 1.807) is 6.20 Å². The summed E-state index contributed by atoms with van der Waals surface area (Å²) in [7, 11) is 0. The zero-order valence-corrected chi connectivity index (χ0v) is 9.65. The molecule has 0 aliphatic heterocycles. The summed E-state index contributed by atoms with van der Waals surface area (Å²) in [4.78, 5) is 15.4. The van der Waals surface area contributed by atoms with Crippen LogP contribution in [0.15, 0.2) is 24.4 Å². The average Bonchev–Trinajstić information content (AvgIpc) is 2.36. The molecule has 0 aliphatic rings. The van der Waals surface area contributed by atoms with Crippen molar-refractivity contribution in [1.29, 1.82) is 5.26 Å². The van der Waals surface area contributed by atoms with E-state index in [1.165, 1.54) is 0 Å². The summed E-state index contributed by atoms with van der Waals surface area (Å²) in [5.41, 5.74) is 1.00. The SMILES string of the molecule is N#CCCNC(=O)CNCCc1ccccn1. The van der Waals surface area contributed by atoms with Gasteiger partial charge in [0.2, 0.25) is 5.91 Å². The molecule has 0 saturated carbocycles. The number of nitriles is 1. The molecule has 1 amide bonds. The second-order valence-corrected chi connectivity index (χ2v) is 3.51. The summed E-state index contributed by atoms with van der Waals surface area (Å²) in [5.74, 6) is -0.0822. The van der Waals surface area contributed by atoms with E-state index in [0.29, 0.717) is 19.5 Å². The van der Waals surface area contributed by atoms with Crippen molar-refractivity contribution in [3.05, 3.63) is 30.1 Å². The van der Waals surface area contributed by atoms with Crippen LogP contribution < -0.4 is 10.6 Å². The number of carbonyl (C=O) groups is 1. The second-order valence-electron chi connectivity index (χ2n) is 3.51. The van der Waals surface area contributed by atoms with Gasteiger partial charge in [-0.15, -0.1) is 0 Å². The molecule has 0 atom stereocenters. The van der Waals surface area contributed by atoms with Crippen molar-refractivity contribution >= 4 is 5.91 Å². The Morgan fingerprint density at radius 3 is 3.00 bits per heavy atom. The minimum Gasteiger partial charge on any atom is -0.354 e. The van der Waals surface area contributed by atoms with Crippen LogP contribution in [0.25, 0.3) is 0 Å². The first kappa shape index (κ1) is 13.1. The van der Waals surface area contributed by atoms with Gasteiger partial charge in [0.05, 0.1) is 19.0 Å². The number of pyridine rings is 1. The van der Waals surface area contributed by atoms with Crippen LogP contribution in [0.3, 0.4) is 0 Å². The molecule has 1 rings (SSSR count). The molecule has 2 N–H and O–H groups in total. The smallest absolute Gasteiger partial charge is 0.233 e. The lowest BCUT2D eigenvalue weighted by atomic mass is 10.3. The zero-order valence-electron chi connectivity index (χ0n) is 9.65. The van der Waals surface area contributed by atoms with Gasteiger partial charge in [-0.1, -0.05) is 6.07 Å². The number of amides is 1. The minimum atomic E-state index is -0.0822. The largest absolute Gasteiger partial charge is 0.354 e. The van der Waals surface area contributed by atoms with Crippen LogP contribution in [-0.2, 0) is 11.2 Å². The fourth-order valence-corrected chi connectivity index (χ4v) is 1.28. The summed E-state index contributed by atoms with van der Waals surface area (Å²) in [5, 5.41) is 14.0. The lowest BCUT2D eigenvalue weighted by Gasteiger charge is -2.04. The first-order valence-electron chi connectivity index (χ1n) is 5.57. The molecular weight excluding hydrogens is 216 g/mol. The number of rotatable bonds is 7. The Labute approximate surface area is 101 Å². The molecule has 5 heteroatoms. The molecule has 0 fully saturated rings. The van der Waals surface area contributed by atoms with Crippen molar-refractivity contribution < 1.29 is 4.79 Å². The molecule has 1 aromatic rings. The molecule has 1 heterocycles. The van der Waals surface area contributed by atoms with Crippen LogP contribution in [0.1, 0.15) is 12.1 Å². The molecule has 0 radical (unpaired) electrons. The zero-order chi connectivity index (χ0) is 12.3. The third-order valence-electron chi connectivity index (χ3n) is 2.13. The van der Waals surface area contributed by atoms with Crippen molar-refractivity contribution in [2.75, 3.05) is 19.6 Å². The van der Waals surface area contributed by atoms with Gasteiger partial charge in [-0.2, -0.15) is 5.26 Å². The first-order valence-corrected chi connectivity index (χ1v) is 5.57. The minimum absolute atomic E-state index is 0.0822. The van der Waals surface area contributed by atoms with E-state index < -0.39 is 0 Å².